The molecule has 0 unspecified atom stereocenters. The van der Waals surface area contributed by atoms with Gasteiger partial charge in [-0.2, -0.15) is 0 Å². The molecule has 0 saturated heterocycles. The topological polar surface area (TPSA) is 46.9 Å². The van der Waals surface area contributed by atoms with Gasteiger partial charge in [-0.1, -0.05) is 31.5 Å². The van der Waals surface area contributed by atoms with E-state index >= 15 is 0 Å². The van der Waals surface area contributed by atoms with E-state index in [1.165, 1.54) is 11.3 Å². The molecule has 0 fully saturated rings. The number of aromatic nitrogens is 2. The van der Waals surface area contributed by atoms with Crippen molar-refractivity contribution in [3.63, 3.8) is 0 Å². The lowest BCUT2D eigenvalue weighted by Crippen LogP contribution is -2.28. The number of hydrogen-bond acceptors (Lipinski definition) is 3. The lowest BCUT2D eigenvalue weighted by molar-refractivity contribution is 0.0942. The minimum absolute atomic E-state index is 0.0402. The molecule has 0 bridgehead atoms. The van der Waals surface area contributed by atoms with E-state index in [9.17, 15) is 4.79 Å². The Morgan fingerprint density at radius 3 is 2.87 bits per heavy atom. The van der Waals surface area contributed by atoms with E-state index in [4.69, 9.17) is 4.98 Å². The van der Waals surface area contributed by atoms with Gasteiger partial charge in [0, 0.05) is 6.54 Å². The van der Waals surface area contributed by atoms with Crippen molar-refractivity contribution in [1.82, 2.24) is 14.9 Å². The number of benzene rings is 1. The summed E-state index contributed by atoms with van der Waals surface area (Å²) in [6.45, 7) is 5.10. The zero-order chi connectivity index (χ0) is 16.2. The average Bonchev–Trinajstić information content (AvgIpc) is 3.20. The van der Waals surface area contributed by atoms with Crippen LogP contribution >= 0.6 is 11.3 Å². The molecule has 0 saturated carbocycles. The molecule has 3 rings (SSSR count). The van der Waals surface area contributed by atoms with Crippen LogP contribution in [0, 0.1) is 0 Å². The number of amides is 1. The van der Waals surface area contributed by atoms with Crippen molar-refractivity contribution in [2.24, 2.45) is 0 Å². The molecular weight excluding hydrogens is 306 g/mol. The molecule has 1 aromatic carbocycles. The standard InChI is InChI=1S/C18H21N3OS/c1-3-4-11-21-15-9-6-5-8-14(15)20-17(21)13(2)19-18(22)16-10-7-12-23-16/h5-10,12-13H,3-4,11H2,1-2H3,(H,19,22)/t13-/m0/s1. The van der Waals surface area contributed by atoms with E-state index < -0.39 is 0 Å². The fourth-order valence-electron chi connectivity index (χ4n) is 2.72. The van der Waals surface area contributed by atoms with Crippen LogP contribution in [-0.4, -0.2) is 15.5 Å². The number of rotatable bonds is 6. The van der Waals surface area contributed by atoms with Gasteiger partial charge in [0.15, 0.2) is 0 Å². The number of hydrogen-bond donors (Lipinski definition) is 1. The van der Waals surface area contributed by atoms with Gasteiger partial charge >= 0.3 is 0 Å². The number of fused-ring (bicyclic) bond motifs is 1. The van der Waals surface area contributed by atoms with Crippen LogP contribution in [0.15, 0.2) is 41.8 Å². The Bertz CT molecular complexity index is 792. The van der Waals surface area contributed by atoms with Gasteiger partial charge in [0.05, 0.1) is 22.0 Å². The molecule has 5 heteroatoms. The summed E-state index contributed by atoms with van der Waals surface area (Å²) in [6, 6.07) is 11.7. The van der Waals surface area contributed by atoms with Crippen LogP contribution in [0.25, 0.3) is 11.0 Å². The Kier molecular flexibility index (Phi) is 4.76. The predicted molar refractivity (Wildman–Crippen MR) is 94.8 cm³/mol. The first-order chi connectivity index (χ1) is 11.2. The summed E-state index contributed by atoms with van der Waals surface area (Å²) in [5, 5.41) is 4.98. The number of thiophene rings is 1. The summed E-state index contributed by atoms with van der Waals surface area (Å²) in [5.41, 5.74) is 2.11. The lowest BCUT2D eigenvalue weighted by atomic mass is 10.2. The van der Waals surface area contributed by atoms with Crippen molar-refractivity contribution in [1.29, 1.82) is 0 Å². The molecule has 0 aliphatic heterocycles. The number of imidazole rings is 1. The Morgan fingerprint density at radius 2 is 2.13 bits per heavy atom. The fraction of sp³-hybridized carbons (Fsp3) is 0.333. The van der Waals surface area contributed by atoms with Crippen LogP contribution in [0.4, 0.5) is 0 Å². The number of nitrogens with zero attached hydrogens (tertiary/aromatic N) is 2. The molecule has 0 aliphatic rings. The number of carbonyl (C=O) groups is 1. The number of nitrogens with one attached hydrogen (secondary N) is 1. The van der Waals surface area contributed by atoms with E-state index in [-0.39, 0.29) is 11.9 Å². The number of para-hydroxylation sites is 2. The molecule has 23 heavy (non-hydrogen) atoms. The quantitative estimate of drug-likeness (QED) is 0.730. The lowest BCUT2D eigenvalue weighted by Gasteiger charge is -2.15. The number of unbranched alkanes of at least 4 members (excludes halogenated alkanes) is 1. The van der Waals surface area contributed by atoms with Crippen LogP contribution in [0.1, 0.15) is 48.2 Å². The third-order valence-electron chi connectivity index (χ3n) is 3.90. The van der Waals surface area contributed by atoms with Crippen LogP contribution in [0.2, 0.25) is 0 Å². The van der Waals surface area contributed by atoms with Gasteiger partial charge in [-0.3, -0.25) is 4.79 Å². The molecule has 1 amide bonds. The summed E-state index contributed by atoms with van der Waals surface area (Å²) < 4.78 is 2.23. The maximum atomic E-state index is 12.3. The zero-order valence-corrected chi connectivity index (χ0v) is 14.3. The molecule has 1 N–H and O–H groups in total. The van der Waals surface area contributed by atoms with Crippen LogP contribution in [0.3, 0.4) is 0 Å². The fourth-order valence-corrected chi connectivity index (χ4v) is 3.34. The highest BCUT2D eigenvalue weighted by molar-refractivity contribution is 7.12. The van der Waals surface area contributed by atoms with Crippen molar-refractivity contribution >= 4 is 28.3 Å². The molecule has 0 spiro atoms. The van der Waals surface area contributed by atoms with Crippen molar-refractivity contribution in [3.8, 4) is 0 Å². The molecular formula is C18H21N3OS. The van der Waals surface area contributed by atoms with E-state index in [2.05, 4.69) is 22.9 Å². The average molecular weight is 327 g/mol. The van der Waals surface area contributed by atoms with Crippen molar-refractivity contribution in [2.45, 2.75) is 39.3 Å². The monoisotopic (exact) mass is 327 g/mol. The highest BCUT2D eigenvalue weighted by Crippen LogP contribution is 2.22. The second-order valence-corrected chi connectivity index (χ2v) is 6.58. The molecule has 2 heterocycles. The highest BCUT2D eigenvalue weighted by Gasteiger charge is 2.19. The predicted octanol–water partition coefficient (Wildman–Crippen LogP) is 4.39. The molecule has 2 aromatic heterocycles. The zero-order valence-electron chi connectivity index (χ0n) is 13.5. The Balaban J connectivity index is 1.89. The first kappa shape index (κ1) is 15.7. The summed E-state index contributed by atoms with van der Waals surface area (Å²) >= 11 is 1.45. The minimum Gasteiger partial charge on any atom is -0.342 e. The number of aryl methyl sites for hydroxylation is 1. The smallest absolute Gasteiger partial charge is 0.261 e. The Hall–Kier alpha value is -2.14. The van der Waals surface area contributed by atoms with Crippen LogP contribution in [0.5, 0.6) is 0 Å². The van der Waals surface area contributed by atoms with E-state index in [1.54, 1.807) is 0 Å². The second-order valence-electron chi connectivity index (χ2n) is 5.64. The third kappa shape index (κ3) is 3.29. The van der Waals surface area contributed by atoms with Gasteiger partial charge in [0.2, 0.25) is 0 Å². The second kappa shape index (κ2) is 6.96. The Labute approximate surface area is 140 Å². The number of carbonyl (C=O) groups excluding carboxylic acids is 1. The summed E-state index contributed by atoms with van der Waals surface area (Å²) in [6.07, 6.45) is 2.22. The van der Waals surface area contributed by atoms with Gasteiger partial charge < -0.3 is 9.88 Å². The molecule has 4 nitrogen and oxygen atoms in total. The summed E-state index contributed by atoms with van der Waals surface area (Å²) in [5.74, 6) is 0.881. The summed E-state index contributed by atoms with van der Waals surface area (Å²) in [4.78, 5) is 17.8. The molecule has 3 aromatic rings. The Morgan fingerprint density at radius 1 is 1.30 bits per heavy atom. The van der Waals surface area contributed by atoms with Crippen LogP contribution < -0.4 is 5.32 Å². The maximum Gasteiger partial charge on any atom is 0.261 e. The minimum atomic E-state index is -0.131. The van der Waals surface area contributed by atoms with Gasteiger partial charge in [-0.15, -0.1) is 11.3 Å². The third-order valence-corrected chi connectivity index (χ3v) is 4.77. The van der Waals surface area contributed by atoms with E-state index in [0.29, 0.717) is 0 Å². The molecule has 0 aliphatic carbocycles. The van der Waals surface area contributed by atoms with Gasteiger partial charge in [-0.25, -0.2) is 4.98 Å². The van der Waals surface area contributed by atoms with Gasteiger partial charge in [-0.05, 0) is 36.9 Å². The first-order valence-corrected chi connectivity index (χ1v) is 8.88. The van der Waals surface area contributed by atoms with E-state index in [1.807, 2.05) is 42.6 Å². The maximum absolute atomic E-state index is 12.3. The molecule has 0 radical (unpaired) electrons. The molecule has 120 valence electrons. The van der Waals surface area contributed by atoms with Crippen LogP contribution in [-0.2, 0) is 6.54 Å². The van der Waals surface area contributed by atoms with E-state index in [0.717, 1.165) is 41.1 Å². The van der Waals surface area contributed by atoms with Gasteiger partial charge in [0.1, 0.15) is 5.82 Å². The SMILES string of the molecule is CCCCn1c([C@H](C)NC(=O)c2cccs2)nc2ccccc21. The van der Waals surface area contributed by atoms with Gasteiger partial charge in [0.25, 0.3) is 5.91 Å². The van der Waals surface area contributed by atoms with Crippen molar-refractivity contribution in [3.05, 3.63) is 52.5 Å². The van der Waals surface area contributed by atoms with Crippen molar-refractivity contribution < 1.29 is 4.79 Å². The molecule has 1 atom stereocenters. The highest BCUT2D eigenvalue weighted by atomic mass is 32.1. The van der Waals surface area contributed by atoms with Crippen molar-refractivity contribution in [2.75, 3.05) is 0 Å². The summed E-state index contributed by atoms with van der Waals surface area (Å²) in [7, 11) is 0. The normalized spacial score (nSPS) is 12.4. The largest absolute Gasteiger partial charge is 0.342 e. The first-order valence-electron chi connectivity index (χ1n) is 8.00.